The van der Waals surface area contributed by atoms with E-state index in [2.05, 4.69) is 14.5 Å². The summed E-state index contributed by atoms with van der Waals surface area (Å²) in [7, 11) is 0. The Morgan fingerprint density at radius 1 is 0.778 bits per heavy atom. The minimum atomic E-state index is -1.55. The Labute approximate surface area is 97.1 Å². The summed E-state index contributed by atoms with van der Waals surface area (Å²) in [6.45, 7) is -1.69. The van der Waals surface area contributed by atoms with Gasteiger partial charge in [-0.25, -0.2) is 0 Å². The molecule has 0 unspecified atom stereocenters. The first-order chi connectivity index (χ1) is 6.91. The molecule has 0 radical (unpaired) electrons. The van der Waals surface area contributed by atoms with Crippen molar-refractivity contribution in [2.24, 2.45) is 0 Å². The molecule has 15 heteroatoms. The first-order valence-corrected chi connectivity index (χ1v) is 3.27. The molecule has 0 aliphatic heterocycles. The maximum Gasteiger partial charge on any atom is 0.294 e. The summed E-state index contributed by atoms with van der Waals surface area (Å²) >= 11 is 0. The van der Waals surface area contributed by atoms with Crippen LogP contribution >= 0.6 is 0 Å². The third-order valence-corrected chi connectivity index (χ3v) is 0.967. The monoisotopic (exact) mass is 281 g/mol. The van der Waals surface area contributed by atoms with Gasteiger partial charge in [-0.2, -0.15) is 0 Å². The molecule has 0 aromatic carbocycles. The molecule has 0 spiro atoms. The van der Waals surface area contributed by atoms with Gasteiger partial charge in [0, 0.05) is 0 Å². The summed E-state index contributed by atoms with van der Waals surface area (Å²) in [6.07, 6.45) is -1.55. The summed E-state index contributed by atoms with van der Waals surface area (Å²) < 4.78 is 0. The van der Waals surface area contributed by atoms with Crippen LogP contribution in [-0.2, 0) is 14.5 Å². The van der Waals surface area contributed by atoms with Crippen molar-refractivity contribution in [3.05, 3.63) is 30.3 Å². The molecule has 0 amide bonds. The highest BCUT2D eigenvalue weighted by atomic mass is 17.0. The second-order valence-corrected chi connectivity index (χ2v) is 1.99. The quantitative estimate of drug-likeness (QED) is 0.315. The van der Waals surface area contributed by atoms with E-state index in [1.165, 1.54) is 0 Å². The lowest BCUT2D eigenvalue weighted by atomic mass is 10.4. The fraction of sp³-hybridized carbons (Fsp3) is 1.00. The molecule has 0 fully saturated rings. The molecule has 0 saturated carbocycles. The average Bonchev–Trinajstić information content (AvgIpc) is 2.08. The van der Waals surface area contributed by atoms with Crippen molar-refractivity contribution in [1.29, 1.82) is 0 Å². The minimum Gasteiger partial charge on any atom is -0.412 e. The molecule has 0 aliphatic rings. The van der Waals surface area contributed by atoms with E-state index in [9.17, 15) is 30.3 Å². The van der Waals surface area contributed by atoms with Gasteiger partial charge in [0.25, 0.3) is 15.3 Å². The van der Waals surface area contributed by atoms with Gasteiger partial charge in [0.2, 0.25) is 0 Å². The molecule has 0 saturated heterocycles. The Morgan fingerprint density at radius 3 is 1.33 bits per heavy atom. The summed E-state index contributed by atoms with van der Waals surface area (Å²) in [5, 5.41) is 25.5. The van der Waals surface area contributed by atoms with Gasteiger partial charge >= 0.3 is 0 Å². The molecule has 0 aromatic heterocycles. The van der Waals surface area contributed by atoms with Crippen LogP contribution in [0.15, 0.2) is 0 Å². The summed E-state index contributed by atoms with van der Waals surface area (Å²) in [4.78, 5) is 40.5. The second-order valence-electron chi connectivity index (χ2n) is 1.99. The van der Waals surface area contributed by atoms with E-state index in [1.54, 1.807) is 0 Å². The van der Waals surface area contributed by atoms with E-state index < -0.39 is 34.6 Å². The molecule has 0 rings (SSSR count). The van der Waals surface area contributed by atoms with E-state index >= 15 is 0 Å². The number of rotatable bonds is 8. The molecular formula is C3H11N3O12. The van der Waals surface area contributed by atoms with Gasteiger partial charge in [-0.15, -0.1) is 30.3 Å². The molecular weight excluding hydrogens is 270 g/mol. The van der Waals surface area contributed by atoms with Crippen LogP contribution in [0.2, 0.25) is 0 Å². The van der Waals surface area contributed by atoms with Crippen molar-refractivity contribution < 1.29 is 46.2 Å². The van der Waals surface area contributed by atoms with Crippen LogP contribution in [0.1, 0.15) is 0 Å². The lowest BCUT2D eigenvalue weighted by Gasteiger charge is -2.11. The highest BCUT2D eigenvalue weighted by molar-refractivity contribution is 4.49. The zero-order valence-corrected chi connectivity index (χ0v) is 8.51. The van der Waals surface area contributed by atoms with Crippen LogP contribution in [-0.4, -0.2) is 51.0 Å². The van der Waals surface area contributed by atoms with Crippen LogP contribution in [0, 0.1) is 30.3 Å². The fourth-order valence-corrected chi connectivity index (χ4v) is 0.519. The summed E-state index contributed by atoms with van der Waals surface area (Å²) in [5.74, 6) is 0. The Kier molecular flexibility index (Phi) is 17.2. The predicted molar refractivity (Wildman–Crippen MR) is 48.6 cm³/mol. The maximum atomic E-state index is 9.83. The standard InChI is InChI=1S/C3H5N3O9.3H2O/c7-4(8)13-1-3(15-6(11)12)2-14-5(9)10;;;/h3H,1-2H2;3*1H2. The summed E-state index contributed by atoms with van der Waals surface area (Å²) in [6, 6.07) is 0. The maximum absolute atomic E-state index is 9.83. The second kappa shape index (κ2) is 12.5. The third-order valence-electron chi connectivity index (χ3n) is 0.967. The first-order valence-electron chi connectivity index (χ1n) is 3.27. The smallest absolute Gasteiger partial charge is 0.294 e. The number of nitrogens with zero attached hydrogens (tertiary/aromatic N) is 3. The lowest BCUT2D eigenvalue weighted by Crippen LogP contribution is -2.30. The van der Waals surface area contributed by atoms with Crippen LogP contribution in [0.4, 0.5) is 0 Å². The molecule has 0 aromatic rings. The van der Waals surface area contributed by atoms with Crippen LogP contribution in [0.3, 0.4) is 0 Å². The Balaban J connectivity index is -0.000000327. The van der Waals surface area contributed by atoms with Gasteiger partial charge in [0.15, 0.2) is 6.10 Å². The largest absolute Gasteiger partial charge is 0.412 e. The van der Waals surface area contributed by atoms with E-state index in [4.69, 9.17) is 0 Å². The highest BCUT2D eigenvalue weighted by Crippen LogP contribution is 1.96. The SMILES string of the molecule is O.O.O.O=[N+]([O-])OCC(CO[N+](=O)[O-])O[N+](=O)[O-]. The van der Waals surface area contributed by atoms with Gasteiger partial charge in [0.05, 0.1) is 0 Å². The van der Waals surface area contributed by atoms with E-state index in [-0.39, 0.29) is 16.4 Å². The normalized spacial score (nSPS) is 7.83. The van der Waals surface area contributed by atoms with Gasteiger partial charge in [-0.1, -0.05) is 0 Å². The van der Waals surface area contributed by atoms with Crippen molar-refractivity contribution in [2.75, 3.05) is 13.2 Å². The van der Waals surface area contributed by atoms with E-state index in [0.717, 1.165) is 0 Å². The number of hydrogen-bond acceptors (Lipinski definition) is 9. The minimum absolute atomic E-state index is 0. The molecule has 6 N–H and O–H groups in total. The van der Waals surface area contributed by atoms with Crippen molar-refractivity contribution in [3.63, 3.8) is 0 Å². The highest BCUT2D eigenvalue weighted by Gasteiger charge is 2.17. The molecule has 15 nitrogen and oxygen atoms in total. The third kappa shape index (κ3) is 15.9. The molecule has 0 atom stereocenters. The van der Waals surface area contributed by atoms with Crippen LogP contribution in [0.25, 0.3) is 0 Å². The van der Waals surface area contributed by atoms with Crippen LogP contribution < -0.4 is 0 Å². The molecule has 18 heavy (non-hydrogen) atoms. The molecule has 0 aliphatic carbocycles. The van der Waals surface area contributed by atoms with Gasteiger partial charge in [0.1, 0.15) is 13.2 Å². The Bertz CT molecular complexity index is 237. The fourth-order valence-electron chi connectivity index (χ4n) is 0.519. The summed E-state index contributed by atoms with van der Waals surface area (Å²) in [5.41, 5.74) is 0. The zero-order valence-electron chi connectivity index (χ0n) is 8.51. The predicted octanol–water partition coefficient (Wildman–Crippen LogP) is -3.49. The van der Waals surface area contributed by atoms with Gasteiger partial charge in [-0.05, 0) is 0 Å². The Hall–Kier alpha value is -2.52. The molecule has 110 valence electrons. The molecule has 0 bridgehead atoms. The van der Waals surface area contributed by atoms with E-state index in [1.807, 2.05) is 0 Å². The average molecular weight is 281 g/mol. The number of hydrogen-bond donors (Lipinski definition) is 0. The first kappa shape index (κ1) is 24.6. The van der Waals surface area contributed by atoms with Crippen molar-refractivity contribution in [3.8, 4) is 0 Å². The Morgan fingerprint density at radius 2 is 1.11 bits per heavy atom. The van der Waals surface area contributed by atoms with Gasteiger partial charge in [-0.3, -0.25) is 0 Å². The van der Waals surface area contributed by atoms with Crippen molar-refractivity contribution in [1.82, 2.24) is 0 Å². The van der Waals surface area contributed by atoms with Gasteiger partial charge < -0.3 is 30.9 Å². The van der Waals surface area contributed by atoms with Crippen molar-refractivity contribution in [2.45, 2.75) is 6.10 Å². The van der Waals surface area contributed by atoms with E-state index in [0.29, 0.717) is 0 Å². The van der Waals surface area contributed by atoms with Crippen LogP contribution in [0.5, 0.6) is 0 Å². The molecule has 0 heterocycles. The lowest BCUT2D eigenvalue weighted by molar-refractivity contribution is -0.803. The van der Waals surface area contributed by atoms with Crippen molar-refractivity contribution >= 4 is 0 Å². The topological polar surface area (TPSA) is 252 Å². The zero-order chi connectivity index (χ0) is 11.8.